The van der Waals surface area contributed by atoms with Gasteiger partial charge in [-0.15, -0.1) is 0 Å². The number of likely N-dealkylation sites (N-methyl/N-ethyl adjacent to an activating group) is 1. The summed E-state index contributed by atoms with van der Waals surface area (Å²) in [6.45, 7) is 2.57. The smallest absolute Gasteiger partial charge is 0.338 e. The van der Waals surface area contributed by atoms with Crippen molar-refractivity contribution >= 4 is 17.7 Å². The van der Waals surface area contributed by atoms with Crippen LogP contribution in [0.5, 0.6) is 0 Å². The highest BCUT2D eigenvalue weighted by molar-refractivity contribution is 5.93. The number of benzene rings is 1. The van der Waals surface area contributed by atoms with Gasteiger partial charge in [0.1, 0.15) is 0 Å². The van der Waals surface area contributed by atoms with E-state index in [1.165, 1.54) is 7.11 Å². The number of ether oxygens (including phenoxy) is 1. The first-order valence-electron chi connectivity index (χ1n) is 5.39. The van der Waals surface area contributed by atoms with Crippen molar-refractivity contribution in [2.24, 2.45) is 0 Å². The predicted molar refractivity (Wildman–Crippen MR) is 69.9 cm³/mol. The molecule has 1 rings (SSSR count). The Morgan fingerprint density at radius 3 is 2.82 bits per heavy atom. The van der Waals surface area contributed by atoms with E-state index < -0.39 is 0 Å². The zero-order valence-corrected chi connectivity index (χ0v) is 10.4. The number of esters is 1. The molecule has 0 atom stereocenters. The lowest BCUT2D eigenvalue weighted by Gasteiger charge is -2.08. The maximum atomic E-state index is 11.6. The molecule has 0 aliphatic rings. The molecule has 0 unspecified atom stereocenters. The second-order valence-corrected chi connectivity index (χ2v) is 3.73. The lowest BCUT2D eigenvalue weighted by molar-refractivity contribution is 0.0600. The molecule has 0 aromatic heterocycles. The molecule has 4 nitrogen and oxygen atoms in total. The first kappa shape index (κ1) is 13.3. The Morgan fingerprint density at radius 1 is 1.53 bits per heavy atom. The molecule has 0 bridgehead atoms. The minimum Gasteiger partial charge on any atom is -0.465 e. The number of rotatable bonds is 4. The van der Waals surface area contributed by atoms with E-state index in [1.54, 1.807) is 6.07 Å². The fourth-order valence-corrected chi connectivity index (χ4v) is 1.49. The number of nitrogen functional groups attached to an aromatic ring is 1. The standard InChI is InChI=1S/C13H18N2O2/c1-9-11(13(16)17-3)7-10(8-12(9)14)5-4-6-15-2/h4-5,7-8,15H,6,14H2,1-3H3. The Labute approximate surface area is 101 Å². The molecule has 0 saturated heterocycles. The van der Waals surface area contributed by atoms with E-state index in [9.17, 15) is 4.79 Å². The van der Waals surface area contributed by atoms with Crippen LogP contribution in [-0.4, -0.2) is 26.7 Å². The predicted octanol–water partition coefficient (Wildman–Crippen LogP) is 1.60. The molecular weight excluding hydrogens is 216 g/mol. The van der Waals surface area contributed by atoms with E-state index in [0.717, 1.165) is 17.7 Å². The maximum Gasteiger partial charge on any atom is 0.338 e. The van der Waals surface area contributed by atoms with Crippen molar-refractivity contribution in [2.75, 3.05) is 26.4 Å². The molecule has 0 heterocycles. The van der Waals surface area contributed by atoms with Gasteiger partial charge in [0.2, 0.25) is 0 Å². The Kier molecular flexibility index (Phi) is 4.72. The van der Waals surface area contributed by atoms with Crippen LogP contribution in [0.1, 0.15) is 21.5 Å². The van der Waals surface area contributed by atoms with Gasteiger partial charge in [-0.1, -0.05) is 12.2 Å². The lowest BCUT2D eigenvalue weighted by atomic mass is 10.0. The summed E-state index contributed by atoms with van der Waals surface area (Å²) >= 11 is 0. The molecule has 1 aromatic rings. The molecule has 0 saturated carbocycles. The van der Waals surface area contributed by atoms with Gasteiger partial charge in [-0.25, -0.2) is 4.79 Å². The van der Waals surface area contributed by atoms with Gasteiger partial charge in [-0.3, -0.25) is 0 Å². The maximum absolute atomic E-state index is 11.6. The fourth-order valence-electron chi connectivity index (χ4n) is 1.49. The van der Waals surface area contributed by atoms with Gasteiger partial charge in [0.15, 0.2) is 0 Å². The molecule has 0 spiro atoms. The largest absolute Gasteiger partial charge is 0.465 e. The first-order valence-corrected chi connectivity index (χ1v) is 5.39. The van der Waals surface area contributed by atoms with Crippen molar-refractivity contribution in [3.63, 3.8) is 0 Å². The second-order valence-electron chi connectivity index (χ2n) is 3.73. The number of hydrogen-bond donors (Lipinski definition) is 2. The van der Waals surface area contributed by atoms with E-state index in [1.807, 2.05) is 32.2 Å². The van der Waals surface area contributed by atoms with Gasteiger partial charge >= 0.3 is 5.97 Å². The van der Waals surface area contributed by atoms with Gasteiger partial charge < -0.3 is 15.8 Å². The summed E-state index contributed by atoms with van der Waals surface area (Å²) in [5.74, 6) is -0.363. The zero-order valence-electron chi connectivity index (χ0n) is 10.4. The van der Waals surface area contributed by atoms with Crippen LogP contribution in [0.3, 0.4) is 0 Å². The number of hydrogen-bond acceptors (Lipinski definition) is 4. The van der Waals surface area contributed by atoms with Crippen LogP contribution in [0.4, 0.5) is 5.69 Å². The summed E-state index contributed by atoms with van der Waals surface area (Å²) in [7, 11) is 3.23. The summed E-state index contributed by atoms with van der Waals surface area (Å²) in [4.78, 5) is 11.6. The van der Waals surface area contributed by atoms with Crippen LogP contribution in [0, 0.1) is 6.92 Å². The van der Waals surface area contributed by atoms with E-state index in [-0.39, 0.29) is 5.97 Å². The summed E-state index contributed by atoms with van der Waals surface area (Å²) in [5, 5.41) is 3.00. The Bertz CT molecular complexity index is 439. The van der Waals surface area contributed by atoms with Gasteiger partial charge in [0.05, 0.1) is 12.7 Å². The average molecular weight is 234 g/mol. The highest BCUT2D eigenvalue weighted by Gasteiger charge is 2.11. The Hall–Kier alpha value is -1.81. The van der Waals surface area contributed by atoms with Gasteiger partial charge in [-0.2, -0.15) is 0 Å². The molecular formula is C13H18N2O2. The fraction of sp³-hybridized carbons (Fsp3) is 0.308. The molecule has 3 N–H and O–H groups in total. The molecule has 0 aliphatic carbocycles. The third kappa shape index (κ3) is 3.32. The van der Waals surface area contributed by atoms with Crippen molar-refractivity contribution in [3.05, 3.63) is 34.9 Å². The summed E-state index contributed by atoms with van der Waals surface area (Å²) in [6.07, 6.45) is 3.88. The van der Waals surface area contributed by atoms with E-state index in [0.29, 0.717) is 11.3 Å². The zero-order chi connectivity index (χ0) is 12.8. The number of nitrogens with two attached hydrogens (primary N) is 1. The van der Waals surface area contributed by atoms with Crippen LogP contribution >= 0.6 is 0 Å². The van der Waals surface area contributed by atoms with E-state index in [4.69, 9.17) is 10.5 Å². The Morgan fingerprint density at radius 2 is 2.24 bits per heavy atom. The normalized spacial score (nSPS) is 10.8. The Balaban J connectivity index is 3.10. The number of nitrogens with one attached hydrogen (secondary N) is 1. The molecule has 17 heavy (non-hydrogen) atoms. The van der Waals surface area contributed by atoms with Crippen molar-refractivity contribution in [3.8, 4) is 0 Å². The minimum absolute atomic E-state index is 0.363. The second kappa shape index (κ2) is 6.06. The van der Waals surface area contributed by atoms with Crippen LogP contribution in [0.25, 0.3) is 6.08 Å². The summed E-state index contributed by atoms with van der Waals surface area (Å²) < 4.78 is 4.72. The van der Waals surface area contributed by atoms with Crippen LogP contribution in [0.2, 0.25) is 0 Å². The topological polar surface area (TPSA) is 64.3 Å². The number of carbonyl (C=O) groups is 1. The molecule has 0 amide bonds. The van der Waals surface area contributed by atoms with Crippen molar-refractivity contribution in [1.82, 2.24) is 5.32 Å². The van der Waals surface area contributed by atoms with Gasteiger partial charge in [0.25, 0.3) is 0 Å². The highest BCUT2D eigenvalue weighted by Crippen LogP contribution is 2.20. The molecule has 1 aromatic carbocycles. The third-order valence-electron chi connectivity index (χ3n) is 2.51. The molecule has 92 valence electrons. The summed E-state index contributed by atoms with van der Waals surface area (Å²) in [5.41, 5.74) is 8.61. The van der Waals surface area contributed by atoms with Gasteiger partial charge in [-0.05, 0) is 37.2 Å². The minimum atomic E-state index is -0.363. The lowest BCUT2D eigenvalue weighted by Crippen LogP contribution is -2.07. The van der Waals surface area contributed by atoms with Crippen molar-refractivity contribution in [2.45, 2.75) is 6.92 Å². The molecule has 0 radical (unpaired) electrons. The SMILES string of the molecule is CNCC=Cc1cc(N)c(C)c(C(=O)OC)c1. The highest BCUT2D eigenvalue weighted by atomic mass is 16.5. The average Bonchev–Trinajstić information content (AvgIpc) is 2.32. The number of carbonyl (C=O) groups excluding carboxylic acids is 1. The molecule has 4 heteroatoms. The summed E-state index contributed by atoms with van der Waals surface area (Å²) in [6, 6.07) is 3.62. The van der Waals surface area contributed by atoms with Crippen LogP contribution in [0.15, 0.2) is 18.2 Å². The van der Waals surface area contributed by atoms with Crippen LogP contribution < -0.4 is 11.1 Å². The quantitative estimate of drug-likeness (QED) is 0.613. The first-order chi connectivity index (χ1) is 8.10. The monoisotopic (exact) mass is 234 g/mol. The molecule has 0 fully saturated rings. The van der Waals surface area contributed by atoms with Crippen molar-refractivity contribution < 1.29 is 9.53 Å². The van der Waals surface area contributed by atoms with E-state index >= 15 is 0 Å². The number of methoxy groups -OCH3 is 1. The van der Waals surface area contributed by atoms with Gasteiger partial charge in [0, 0.05) is 12.2 Å². The van der Waals surface area contributed by atoms with E-state index in [2.05, 4.69) is 5.32 Å². The van der Waals surface area contributed by atoms with Crippen molar-refractivity contribution in [1.29, 1.82) is 0 Å². The third-order valence-corrected chi connectivity index (χ3v) is 2.51. The number of anilines is 1. The van der Waals surface area contributed by atoms with Crippen LogP contribution in [-0.2, 0) is 4.74 Å². The molecule has 0 aliphatic heterocycles.